The second kappa shape index (κ2) is 14.4. The lowest BCUT2D eigenvalue weighted by atomic mass is 9.89. The Hall–Kier alpha value is -0.900. The molecule has 2 saturated heterocycles. The van der Waals surface area contributed by atoms with Crippen LogP contribution in [0, 0.1) is 18.8 Å². The molecule has 0 aromatic heterocycles. The molecule has 1 aromatic rings. The number of nitrogens with zero attached hydrogens (tertiary/aromatic N) is 3. The molecule has 0 amide bonds. The fourth-order valence-electron chi connectivity index (χ4n) is 4.69. The Morgan fingerprint density at radius 1 is 1.12 bits per heavy atom. The van der Waals surface area contributed by atoms with Gasteiger partial charge < -0.3 is 25.2 Å². The number of hydrogen-bond acceptors (Lipinski definition) is 4. The largest absolute Gasteiger partial charge is 0.373 e. The minimum absolute atomic E-state index is 0. The van der Waals surface area contributed by atoms with Gasteiger partial charge in [-0.25, -0.2) is 0 Å². The highest BCUT2D eigenvalue weighted by atomic mass is 127. The number of aliphatic imine (C=N–C) groups is 1. The van der Waals surface area contributed by atoms with Crippen molar-refractivity contribution in [2.75, 3.05) is 66.0 Å². The van der Waals surface area contributed by atoms with Crippen LogP contribution in [-0.2, 0) is 4.74 Å². The number of likely N-dealkylation sites (N-methyl/N-ethyl adjacent to an activating group) is 1. The van der Waals surface area contributed by atoms with Gasteiger partial charge in [0.05, 0.1) is 6.10 Å². The van der Waals surface area contributed by atoms with Crippen LogP contribution in [0.15, 0.2) is 29.3 Å². The normalized spacial score (nSPS) is 23.9. The lowest BCUT2D eigenvalue weighted by Gasteiger charge is -2.35. The number of benzene rings is 1. The van der Waals surface area contributed by atoms with E-state index in [1.165, 1.54) is 50.3 Å². The molecular weight excluding hydrogens is 513 g/mol. The summed E-state index contributed by atoms with van der Waals surface area (Å²) in [5, 5.41) is 7.10. The van der Waals surface area contributed by atoms with E-state index in [4.69, 9.17) is 4.74 Å². The molecule has 3 atom stereocenters. The van der Waals surface area contributed by atoms with Crippen molar-refractivity contribution < 1.29 is 4.74 Å². The number of halogens is 1. The van der Waals surface area contributed by atoms with Crippen molar-refractivity contribution in [1.82, 2.24) is 20.4 Å². The van der Waals surface area contributed by atoms with Gasteiger partial charge in [0.1, 0.15) is 0 Å². The van der Waals surface area contributed by atoms with E-state index in [-0.39, 0.29) is 30.1 Å². The van der Waals surface area contributed by atoms with Gasteiger partial charge in [0, 0.05) is 65.4 Å². The summed E-state index contributed by atoms with van der Waals surface area (Å²) in [6.07, 6.45) is 2.48. The highest BCUT2D eigenvalue weighted by Crippen LogP contribution is 2.33. The van der Waals surface area contributed by atoms with E-state index in [1.807, 2.05) is 7.05 Å². The second-order valence-corrected chi connectivity index (χ2v) is 9.28. The van der Waals surface area contributed by atoms with Gasteiger partial charge in [-0.15, -0.1) is 24.0 Å². The monoisotopic (exact) mass is 557 g/mol. The summed E-state index contributed by atoms with van der Waals surface area (Å²) >= 11 is 0. The molecule has 7 heteroatoms. The highest BCUT2D eigenvalue weighted by molar-refractivity contribution is 14.0. The zero-order chi connectivity index (χ0) is 22.1. The van der Waals surface area contributed by atoms with E-state index < -0.39 is 0 Å². The summed E-state index contributed by atoms with van der Waals surface area (Å²) < 4.78 is 6.17. The van der Waals surface area contributed by atoms with Gasteiger partial charge in [-0.1, -0.05) is 43.7 Å². The van der Waals surface area contributed by atoms with Crippen LogP contribution in [0.25, 0.3) is 0 Å². The molecule has 2 fully saturated rings. The van der Waals surface area contributed by atoms with Crippen molar-refractivity contribution in [1.29, 1.82) is 0 Å². The molecule has 3 rings (SSSR count). The van der Waals surface area contributed by atoms with Crippen molar-refractivity contribution in [2.45, 2.75) is 39.7 Å². The maximum Gasteiger partial charge on any atom is 0.190 e. The summed E-state index contributed by atoms with van der Waals surface area (Å²) in [7, 11) is 1.86. The Morgan fingerprint density at radius 2 is 1.81 bits per heavy atom. The smallest absolute Gasteiger partial charge is 0.190 e. The predicted octanol–water partition coefficient (Wildman–Crippen LogP) is 3.52. The van der Waals surface area contributed by atoms with Crippen molar-refractivity contribution in [3.05, 3.63) is 35.4 Å². The first-order valence-electron chi connectivity index (χ1n) is 12.2. The molecular formula is C25H44IN5O. The summed E-state index contributed by atoms with van der Waals surface area (Å²) in [5.41, 5.74) is 2.58. The van der Waals surface area contributed by atoms with Crippen LogP contribution in [0.2, 0.25) is 0 Å². The van der Waals surface area contributed by atoms with E-state index in [2.05, 4.69) is 70.5 Å². The van der Waals surface area contributed by atoms with Crippen LogP contribution in [0.1, 0.15) is 43.9 Å². The van der Waals surface area contributed by atoms with E-state index >= 15 is 0 Å². The average molecular weight is 558 g/mol. The Bertz CT molecular complexity index is 675. The molecule has 0 saturated carbocycles. The SMILES string of the molecule is CCN1CCN(CC(C)CNC(=NC)NCC2CCCOC2c2ccc(C)cc2)CC1.I. The molecule has 3 unspecified atom stereocenters. The molecule has 2 aliphatic heterocycles. The van der Waals surface area contributed by atoms with E-state index in [0.717, 1.165) is 38.6 Å². The Labute approximate surface area is 212 Å². The van der Waals surface area contributed by atoms with Crippen LogP contribution < -0.4 is 10.6 Å². The van der Waals surface area contributed by atoms with E-state index in [0.29, 0.717) is 11.8 Å². The topological polar surface area (TPSA) is 52.1 Å². The predicted molar refractivity (Wildman–Crippen MR) is 145 cm³/mol. The van der Waals surface area contributed by atoms with Gasteiger partial charge in [-0.2, -0.15) is 0 Å². The van der Waals surface area contributed by atoms with Gasteiger partial charge in [-0.3, -0.25) is 4.99 Å². The molecule has 0 aliphatic carbocycles. The molecule has 32 heavy (non-hydrogen) atoms. The molecule has 1 aromatic carbocycles. The second-order valence-electron chi connectivity index (χ2n) is 9.28. The number of nitrogens with one attached hydrogen (secondary N) is 2. The fraction of sp³-hybridized carbons (Fsp3) is 0.720. The third-order valence-corrected chi connectivity index (χ3v) is 6.71. The first-order valence-corrected chi connectivity index (χ1v) is 12.2. The zero-order valence-electron chi connectivity index (χ0n) is 20.5. The number of piperazine rings is 1. The summed E-state index contributed by atoms with van der Waals surface area (Å²) in [4.78, 5) is 9.58. The highest BCUT2D eigenvalue weighted by Gasteiger charge is 2.27. The quantitative estimate of drug-likeness (QED) is 0.291. The first kappa shape index (κ1) is 27.3. The summed E-state index contributed by atoms with van der Waals surface area (Å²) in [6.45, 7) is 16.5. The first-order chi connectivity index (χ1) is 15.1. The van der Waals surface area contributed by atoms with Gasteiger partial charge >= 0.3 is 0 Å². The standard InChI is InChI=1S/C25H43N5O.HI/c1-5-29-12-14-30(15-13-29)19-21(3)17-27-25(26-4)28-18-23-7-6-16-31-24(23)22-10-8-20(2)9-11-22;/h8-11,21,23-24H,5-7,12-19H2,1-4H3,(H2,26,27,28);1H. The number of guanidine groups is 1. The van der Waals surface area contributed by atoms with Gasteiger partial charge in [0.25, 0.3) is 0 Å². The summed E-state index contributed by atoms with van der Waals surface area (Å²) in [6, 6.07) is 8.80. The Morgan fingerprint density at radius 3 is 2.47 bits per heavy atom. The lowest BCUT2D eigenvalue weighted by Crippen LogP contribution is -2.49. The molecule has 2 heterocycles. The van der Waals surface area contributed by atoms with Gasteiger partial charge in [0.2, 0.25) is 0 Å². The van der Waals surface area contributed by atoms with Crippen molar-refractivity contribution in [3.8, 4) is 0 Å². The Kier molecular flexibility index (Phi) is 12.3. The van der Waals surface area contributed by atoms with Gasteiger partial charge in [-0.05, 0) is 37.8 Å². The fourth-order valence-corrected chi connectivity index (χ4v) is 4.69. The number of aryl methyl sites for hydroxylation is 1. The molecule has 2 aliphatic rings. The Balaban J connectivity index is 0.00000363. The minimum Gasteiger partial charge on any atom is -0.373 e. The molecule has 0 spiro atoms. The number of ether oxygens (including phenoxy) is 1. The lowest BCUT2D eigenvalue weighted by molar-refractivity contribution is -0.0265. The van der Waals surface area contributed by atoms with E-state index in [1.54, 1.807) is 0 Å². The summed E-state index contributed by atoms with van der Waals surface area (Å²) in [5.74, 6) is 1.95. The number of rotatable bonds is 8. The van der Waals surface area contributed by atoms with Crippen LogP contribution in [0.5, 0.6) is 0 Å². The third kappa shape index (κ3) is 8.47. The molecule has 0 radical (unpaired) electrons. The molecule has 6 nitrogen and oxygen atoms in total. The van der Waals surface area contributed by atoms with Crippen molar-refractivity contribution in [2.24, 2.45) is 16.8 Å². The van der Waals surface area contributed by atoms with E-state index in [9.17, 15) is 0 Å². The van der Waals surface area contributed by atoms with Crippen molar-refractivity contribution in [3.63, 3.8) is 0 Å². The van der Waals surface area contributed by atoms with Crippen molar-refractivity contribution >= 4 is 29.9 Å². The number of hydrogen-bond donors (Lipinski definition) is 2. The van der Waals surface area contributed by atoms with Crippen LogP contribution in [-0.4, -0.2) is 81.8 Å². The molecule has 0 bridgehead atoms. The minimum atomic E-state index is 0. The molecule has 182 valence electrons. The maximum absolute atomic E-state index is 6.17. The molecule has 2 N–H and O–H groups in total. The van der Waals surface area contributed by atoms with Crippen LogP contribution in [0.3, 0.4) is 0 Å². The van der Waals surface area contributed by atoms with Crippen LogP contribution >= 0.6 is 24.0 Å². The maximum atomic E-state index is 6.17. The van der Waals surface area contributed by atoms with Gasteiger partial charge in [0.15, 0.2) is 5.96 Å². The average Bonchev–Trinajstić information content (AvgIpc) is 2.80. The van der Waals surface area contributed by atoms with Crippen LogP contribution in [0.4, 0.5) is 0 Å². The zero-order valence-corrected chi connectivity index (χ0v) is 22.8. The third-order valence-electron chi connectivity index (χ3n) is 6.71.